The average Bonchev–Trinajstić information content (AvgIpc) is 2.78. The topological polar surface area (TPSA) is 23.5 Å². The van der Waals surface area contributed by atoms with Crippen LogP contribution in [0.2, 0.25) is 0 Å². The minimum absolute atomic E-state index is 0.341. The fourth-order valence-corrected chi connectivity index (χ4v) is 6.62. The smallest absolute Gasteiger partial charge is 0.390 e. The van der Waals surface area contributed by atoms with Crippen LogP contribution >= 0.6 is 11.8 Å². The van der Waals surface area contributed by atoms with Crippen LogP contribution in [-0.2, 0) is 6.18 Å². The molecule has 0 amide bonds. The number of piperidine rings is 1. The molecule has 2 fully saturated rings. The number of rotatable bonds is 2. The second-order valence-corrected chi connectivity index (χ2v) is 11.3. The van der Waals surface area contributed by atoms with Gasteiger partial charge in [0, 0.05) is 29.4 Å². The molecular weight excluding hydrogens is 462 g/mol. The van der Waals surface area contributed by atoms with Crippen molar-refractivity contribution in [3.8, 4) is 0 Å². The molecule has 1 N–H and O–H groups in total. The first-order valence-corrected chi connectivity index (χ1v) is 12.8. The van der Waals surface area contributed by atoms with Gasteiger partial charge in [-0.2, -0.15) is 13.2 Å². The number of benzene rings is 2. The van der Waals surface area contributed by atoms with Gasteiger partial charge in [0.1, 0.15) is 5.82 Å². The van der Waals surface area contributed by atoms with Gasteiger partial charge < -0.3 is 10.0 Å². The van der Waals surface area contributed by atoms with Gasteiger partial charge in [-0.15, -0.1) is 0 Å². The second-order valence-electron chi connectivity index (χ2n) is 10.2. The molecule has 0 bridgehead atoms. The summed E-state index contributed by atoms with van der Waals surface area (Å²) < 4.78 is 54.5. The number of fused-ring (bicyclic) bond motifs is 2. The van der Waals surface area contributed by atoms with E-state index in [0.29, 0.717) is 11.5 Å². The van der Waals surface area contributed by atoms with Crippen molar-refractivity contribution >= 4 is 17.3 Å². The van der Waals surface area contributed by atoms with Gasteiger partial charge in [0.15, 0.2) is 0 Å². The number of halogens is 4. The Hall–Kier alpha value is -1.83. The molecule has 2 aliphatic heterocycles. The molecule has 0 atom stereocenters. The Morgan fingerprint density at radius 3 is 2.38 bits per heavy atom. The molecule has 2 aromatic carbocycles. The molecule has 3 aliphatic rings. The van der Waals surface area contributed by atoms with E-state index >= 15 is 0 Å². The lowest BCUT2D eigenvalue weighted by molar-refractivity contribution is -0.137. The van der Waals surface area contributed by atoms with Gasteiger partial charge in [-0.3, -0.25) is 0 Å². The van der Waals surface area contributed by atoms with Crippen molar-refractivity contribution < 1.29 is 22.7 Å². The van der Waals surface area contributed by atoms with Crippen LogP contribution in [0.1, 0.15) is 62.1 Å². The van der Waals surface area contributed by atoms with Crippen LogP contribution in [-0.4, -0.2) is 35.2 Å². The molecule has 0 unspecified atom stereocenters. The third kappa shape index (κ3) is 4.93. The SMILES string of the molecule is CC1(O)CCC(CN2CCC(=C3c4ccc(F)cc4Sc4ccc(C(F)(F)F)cc43)CC2)CC1. The molecule has 5 rings (SSSR count). The summed E-state index contributed by atoms with van der Waals surface area (Å²) in [5.41, 5.74) is 2.25. The average molecular weight is 492 g/mol. The quantitative estimate of drug-likeness (QED) is 0.385. The van der Waals surface area contributed by atoms with Crippen LogP contribution in [0.4, 0.5) is 17.6 Å². The van der Waals surface area contributed by atoms with E-state index in [1.165, 1.54) is 36.0 Å². The van der Waals surface area contributed by atoms with Crippen LogP contribution in [0.15, 0.2) is 51.8 Å². The highest BCUT2D eigenvalue weighted by molar-refractivity contribution is 7.99. The number of hydrogen-bond acceptors (Lipinski definition) is 3. The Morgan fingerprint density at radius 2 is 1.71 bits per heavy atom. The zero-order valence-electron chi connectivity index (χ0n) is 19.2. The largest absolute Gasteiger partial charge is 0.416 e. The van der Waals surface area contributed by atoms with E-state index in [2.05, 4.69) is 4.90 Å². The van der Waals surface area contributed by atoms with Gasteiger partial charge in [0.05, 0.1) is 11.2 Å². The fourth-order valence-electron chi connectivity index (χ4n) is 5.53. The molecule has 182 valence electrons. The van der Waals surface area contributed by atoms with E-state index < -0.39 is 17.3 Å². The highest BCUT2D eigenvalue weighted by atomic mass is 32.2. The summed E-state index contributed by atoms with van der Waals surface area (Å²) in [5, 5.41) is 10.2. The molecule has 1 saturated heterocycles. The number of likely N-dealkylation sites (tertiary alicyclic amines) is 1. The maximum atomic E-state index is 14.0. The number of hydrogen-bond donors (Lipinski definition) is 1. The van der Waals surface area contributed by atoms with E-state index in [4.69, 9.17) is 0 Å². The standard InChI is InChI=1S/C27H29F4NOS/c1-26(33)10-6-17(7-11-26)16-32-12-8-18(9-13-32)25-21-4-3-20(28)15-24(21)34-23-5-2-19(14-22(23)25)27(29,30)31/h2-5,14-15,17,33H,6-13,16H2,1H3. The number of alkyl halides is 3. The Balaban J connectivity index is 1.42. The van der Waals surface area contributed by atoms with Crippen LogP contribution in [0.3, 0.4) is 0 Å². The molecule has 2 heterocycles. The first kappa shape index (κ1) is 23.9. The molecule has 0 aromatic heterocycles. The van der Waals surface area contributed by atoms with Crippen molar-refractivity contribution in [3.05, 3.63) is 64.5 Å². The molecule has 2 nitrogen and oxygen atoms in total. The summed E-state index contributed by atoms with van der Waals surface area (Å²) in [6.07, 6.45) is 0.900. The maximum Gasteiger partial charge on any atom is 0.416 e. The number of nitrogens with zero attached hydrogens (tertiary/aromatic N) is 1. The van der Waals surface area contributed by atoms with Crippen LogP contribution in [0, 0.1) is 11.7 Å². The predicted octanol–water partition coefficient (Wildman–Crippen LogP) is 7.15. The van der Waals surface area contributed by atoms with Gasteiger partial charge in [-0.25, -0.2) is 4.39 Å². The van der Waals surface area contributed by atoms with Crippen molar-refractivity contribution in [2.75, 3.05) is 19.6 Å². The van der Waals surface area contributed by atoms with Gasteiger partial charge in [-0.1, -0.05) is 23.4 Å². The first-order chi connectivity index (χ1) is 16.1. The van der Waals surface area contributed by atoms with Gasteiger partial charge in [0.2, 0.25) is 0 Å². The third-order valence-corrected chi connectivity index (χ3v) is 8.65. The fraction of sp³-hybridized carbons (Fsp3) is 0.481. The van der Waals surface area contributed by atoms with Crippen LogP contribution in [0.25, 0.3) is 5.57 Å². The second kappa shape index (κ2) is 8.99. The summed E-state index contributed by atoms with van der Waals surface area (Å²) in [5.74, 6) is 0.242. The van der Waals surface area contributed by atoms with E-state index in [-0.39, 0.29) is 5.82 Å². The third-order valence-electron chi connectivity index (χ3n) is 7.52. The number of aliphatic hydroxyl groups is 1. The lowest BCUT2D eigenvalue weighted by Crippen LogP contribution is -2.39. The van der Waals surface area contributed by atoms with Crippen molar-refractivity contribution in [1.82, 2.24) is 4.90 Å². The Kier molecular flexibility index (Phi) is 6.32. The van der Waals surface area contributed by atoms with Crippen molar-refractivity contribution in [1.29, 1.82) is 0 Å². The Morgan fingerprint density at radius 1 is 1.00 bits per heavy atom. The zero-order valence-corrected chi connectivity index (χ0v) is 20.0. The molecule has 7 heteroatoms. The predicted molar refractivity (Wildman–Crippen MR) is 126 cm³/mol. The summed E-state index contributed by atoms with van der Waals surface area (Å²) in [6.45, 7) is 4.65. The lowest BCUT2D eigenvalue weighted by atomic mass is 9.79. The maximum absolute atomic E-state index is 14.0. The highest BCUT2D eigenvalue weighted by Crippen LogP contribution is 2.49. The molecular formula is C27H29F4NOS. The molecule has 0 spiro atoms. The minimum atomic E-state index is -4.41. The van der Waals surface area contributed by atoms with Gasteiger partial charge in [0.25, 0.3) is 0 Å². The van der Waals surface area contributed by atoms with Crippen molar-refractivity contribution in [2.24, 2.45) is 5.92 Å². The van der Waals surface area contributed by atoms with E-state index in [9.17, 15) is 22.7 Å². The van der Waals surface area contributed by atoms with Crippen LogP contribution < -0.4 is 0 Å². The van der Waals surface area contributed by atoms with Gasteiger partial charge in [-0.05, 0) is 98.4 Å². The van der Waals surface area contributed by atoms with Crippen LogP contribution in [0.5, 0.6) is 0 Å². The summed E-state index contributed by atoms with van der Waals surface area (Å²) in [7, 11) is 0. The van der Waals surface area contributed by atoms with Crippen molar-refractivity contribution in [2.45, 2.75) is 67.0 Å². The van der Waals surface area contributed by atoms with E-state index in [1.807, 2.05) is 6.92 Å². The Bertz CT molecular complexity index is 1100. The first-order valence-electron chi connectivity index (χ1n) is 12.0. The molecule has 1 saturated carbocycles. The molecule has 0 radical (unpaired) electrons. The summed E-state index contributed by atoms with van der Waals surface area (Å²) in [6, 6.07) is 8.48. The summed E-state index contributed by atoms with van der Waals surface area (Å²) >= 11 is 1.34. The zero-order chi connectivity index (χ0) is 24.1. The van der Waals surface area contributed by atoms with Gasteiger partial charge >= 0.3 is 6.18 Å². The minimum Gasteiger partial charge on any atom is -0.390 e. The normalized spacial score (nSPS) is 25.8. The Labute approximate surface area is 202 Å². The lowest BCUT2D eigenvalue weighted by Gasteiger charge is -2.38. The highest BCUT2D eigenvalue weighted by Gasteiger charge is 2.34. The van der Waals surface area contributed by atoms with Crippen molar-refractivity contribution in [3.63, 3.8) is 0 Å². The van der Waals surface area contributed by atoms with E-state index in [1.54, 1.807) is 6.07 Å². The molecule has 2 aromatic rings. The molecule has 34 heavy (non-hydrogen) atoms. The summed E-state index contributed by atoms with van der Waals surface area (Å²) in [4.78, 5) is 3.95. The monoisotopic (exact) mass is 491 g/mol. The molecule has 1 aliphatic carbocycles. The van der Waals surface area contributed by atoms with E-state index in [0.717, 1.165) is 90.7 Å².